The molecule has 172 valence electrons. The molecular weight excluding hydrogens is 462 g/mol. The van der Waals surface area contributed by atoms with Crippen molar-refractivity contribution in [3.63, 3.8) is 0 Å². The third kappa shape index (κ3) is 5.04. The molecule has 2 aromatic carbocycles. The predicted octanol–water partition coefficient (Wildman–Crippen LogP) is 4.09. The highest BCUT2D eigenvalue weighted by atomic mass is 35.5. The third-order valence-electron chi connectivity index (χ3n) is 5.47. The molecule has 2 aliphatic heterocycles. The van der Waals surface area contributed by atoms with Gasteiger partial charge in [0.1, 0.15) is 5.70 Å². The van der Waals surface area contributed by atoms with Gasteiger partial charge in [0.2, 0.25) is 0 Å². The smallest absolute Gasteiger partial charge is 0.276 e. The minimum absolute atomic E-state index is 0.0999. The van der Waals surface area contributed by atoms with E-state index in [1.54, 1.807) is 6.07 Å². The molecule has 0 unspecified atom stereocenters. The first-order valence-electron chi connectivity index (χ1n) is 10.9. The number of hydrogen-bond donors (Lipinski definition) is 1. The molecule has 2 aliphatic rings. The maximum absolute atomic E-state index is 13.1. The number of hydrazone groups is 1. The predicted molar refractivity (Wildman–Crippen MR) is 130 cm³/mol. The molecule has 10 heteroatoms. The van der Waals surface area contributed by atoms with Crippen molar-refractivity contribution in [2.24, 2.45) is 10.1 Å². The van der Waals surface area contributed by atoms with Crippen molar-refractivity contribution in [1.29, 1.82) is 0 Å². The second-order valence-electron chi connectivity index (χ2n) is 7.80. The summed E-state index contributed by atoms with van der Waals surface area (Å²) in [5, 5.41) is 22.5. The maximum Gasteiger partial charge on any atom is 0.276 e. The lowest BCUT2D eigenvalue weighted by atomic mass is 10.1. The van der Waals surface area contributed by atoms with Crippen molar-refractivity contribution < 1.29 is 9.72 Å². The van der Waals surface area contributed by atoms with E-state index in [2.05, 4.69) is 17.3 Å². The van der Waals surface area contributed by atoms with Gasteiger partial charge in [-0.3, -0.25) is 25.2 Å². The van der Waals surface area contributed by atoms with Crippen molar-refractivity contribution in [3.05, 3.63) is 73.7 Å². The lowest BCUT2D eigenvalue weighted by molar-refractivity contribution is -0.384. The second-order valence-corrected chi connectivity index (χ2v) is 9.29. The monoisotopic (exact) mass is 485 g/mol. The molecule has 1 N–H and O–H groups in total. The van der Waals surface area contributed by atoms with Gasteiger partial charge in [-0.1, -0.05) is 74.2 Å². The topological polar surface area (TPSA) is 100 Å². The van der Waals surface area contributed by atoms with E-state index in [1.807, 2.05) is 18.2 Å². The average Bonchev–Trinajstić information content (AvgIpc) is 2.81. The Morgan fingerprint density at radius 3 is 2.76 bits per heavy atom. The number of nitro groups is 1. The first-order valence-corrected chi connectivity index (χ1v) is 12.3. The number of amidine groups is 1. The Morgan fingerprint density at radius 1 is 1.18 bits per heavy atom. The van der Waals surface area contributed by atoms with E-state index in [1.165, 1.54) is 54.2 Å². The summed E-state index contributed by atoms with van der Waals surface area (Å²) in [6, 6.07) is 11.5. The zero-order valence-electron chi connectivity index (χ0n) is 18.2. The molecule has 0 aromatic heterocycles. The van der Waals surface area contributed by atoms with Gasteiger partial charge in [-0.15, -0.1) is 5.10 Å². The maximum atomic E-state index is 13.1. The van der Waals surface area contributed by atoms with Crippen LogP contribution in [-0.2, 0) is 4.79 Å². The van der Waals surface area contributed by atoms with Crippen LogP contribution in [0.1, 0.15) is 50.8 Å². The molecule has 33 heavy (non-hydrogen) atoms. The summed E-state index contributed by atoms with van der Waals surface area (Å²) in [6.45, 7) is 2.18. The Kier molecular flexibility index (Phi) is 7.29. The largest absolute Gasteiger partial charge is 0.298 e. The van der Waals surface area contributed by atoms with Crippen LogP contribution in [0.25, 0.3) is 5.70 Å². The Labute approximate surface area is 200 Å². The minimum Gasteiger partial charge on any atom is -0.298 e. The summed E-state index contributed by atoms with van der Waals surface area (Å²) in [4.78, 5) is 28.8. The standard InChI is InChI=1S/C23H24ClN5O3S/c1-2-3-4-5-8-13-33-23-26-22(30)20-16-9-6-7-10-19(16)25-21(28(20)27-23)17-14-15(29(31)32)11-12-18(17)24/h6-7,9-12,14,21H,2-5,8,13H2,1H3,(H,26,27,30)/t21-/m0/s1. The Hall–Kier alpha value is -2.91. The summed E-state index contributed by atoms with van der Waals surface area (Å²) in [5.41, 5.74) is 0.665. The van der Waals surface area contributed by atoms with Gasteiger partial charge in [0.05, 0.1) is 10.3 Å². The van der Waals surface area contributed by atoms with Gasteiger partial charge in [0.25, 0.3) is 11.6 Å². The minimum atomic E-state index is -0.798. The van der Waals surface area contributed by atoms with E-state index in [-0.39, 0.29) is 11.6 Å². The van der Waals surface area contributed by atoms with Crippen molar-refractivity contribution >= 4 is 45.8 Å². The Bertz CT molecular complexity index is 1230. The SMILES string of the molecule is CCCCCCCSC1=NN2C(=c3ccccc3=N[C@@H]2c2cc([N+](=O)[O-])ccc2Cl)C(=O)N1. The zero-order chi connectivity index (χ0) is 23.4. The van der Waals surface area contributed by atoms with E-state index < -0.39 is 11.1 Å². The van der Waals surface area contributed by atoms with E-state index in [0.717, 1.165) is 18.6 Å². The van der Waals surface area contributed by atoms with Gasteiger partial charge in [-0.2, -0.15) is 0 Å². The van der Waals surface area contributed by atoms with E-state index >= 15 is 0 Å². The van der Waals surface area contributed by atoms with Crippen LogP contribution in [0.2, 0.25) is 5.02 Å². The number of para-hydroxylation sites is 1. The Balaban J connectivity index is 1.71. The number of rotatable bonds is 8. The highest BCUT2D eigenvalue weighted by Gasteiger charge is 2.35. The van der Waals surface area contributed by atoms with Crippen molar-refractivity contribution in [2.45, 2.75) is 45.2 Å². The van der Waals surface area contributed by atoms with Gasteiger partial charge in [0.15, 0.2) is 11.3 Å². The molecule has 0 spiro atoms. The number of unbranched alkanes of at least 4 members (excludes halogenated alkanes) is 4. The molecule has 0 saturated carbocycles. The molecule has 8 nitrogen and oxygen atoms in total. The fourth-order valence-electron chi connectivity index (χ4n) is 3.81. The number of benzene rings is 2. The van der Waals surface area contributed by atoms with Crippen LogP contribution >= 0.6 is 23.4 Å². The van der Waals surface area contributed by atoms with Gasteiger partial charge >= 0.3 is 0 Å². The van der Waals surface area contributed by atoms with Crippen molar-refractivity contribution in [1.82, 2.24) is 10.3 Å². The molecule has 0 aliphatic carbocycles. The summed E-state index contributed by atoms with van der Waals surface area (Å²) in [7, 11) is 0. The van der Waals surface area contributed by atoms with Crippen LogP contribution < -0.4 is 15.9 Å². The van der Waals surface area contributed by atoms with Crippen LogP contribution in [0.5, 0.6) is 0 Å². The highest BCUT2D eigenvalue weighted by Crippen LogP contribution is 2.36. The quantitative estimate of drug-likeness (QED) is 0.345. The number of nitro benzene ring substituents is 1. The summed E-state index contributed by atoms with van der Waals surface area (Å²) in [5.74, 6) is 0.550. The summed E-state index contributed by atoms with van der Waals surface area (Å²) >= 11 is 7.92. The molecule has 2 aromatic rings. The summed E-state index contributed by atoms with van der Waals surface area (Å²) in [6.07, 6.45) is 4.98. The normalized spacial score (nSPS) is 17.0. The van der Waals surface area contributed by atoms with Crippen LogP contribution in [-0.4, -0.2) is 26.8 Å². The number of hydrogen-bond acceptors (Lipinski definition) is 7. The van der Waals surface area contributed by atoms with Gasteiger partial charge in [0, 0.05) is 33.7 Å². The number of non-ortho nitro benzene ring substituents is 1. The number of thioether (sulfide) groups is 1. The lowest BCUT2D eigenvalue weighted by Gasteiger charge is -2.34. The highest BCUT2D eigenvalue weighted by molar-refractivity contribution is 8.13. The van der Waals surface area contributed by atoms with Crippen LogP contribution in [0.3, 0.4) is 0 Å². The number of nitrogens with one attached hydrogen (secondary N) is 1. The van der Waals surface area contributed by atoms with Crippen LogP contribution in [0.4, 0.5) is 5.69 Å². The van der Waals surface area contributed by atoms with E-state index in [9.17, 15) is 14.9 Å². The first-order chi connectivity index (χ1) is 16.0. The molecule has 1 amide bonds. The van der Waals surface area contributed by atoms with Crippen molar-refractivity contribution in [2.75, 3.05) is 5.75 Å². The number of fused-ring (bicyclic) bond motifs is 2. The molecule has 2 heterocycles. The average molecular weight is 486 g/mol. The number of nitrogens with zero attached hydrogens (tertiary/aromatic N) is 4. The molecule has 0 radical (unpaired) electrons. The van der Waals surface area contributed by atoms with Crippen molar-refractivity contribution in [3.8, 4) is 0 Å². The van der Waals surface area contributed by atoms with Crippen LogP contribution in [0, 0.1) is 10.1 Å². The molecule has 4 rings (SSSR count). The molecule has 1 atom stereocenters. The van der Waals surface area contributed by atoms with Gasteiger partial charge in [-0.05, 0) is 18.6 Å². The van der Waals surface area contributed by atoms with Gasteiger partial charge < -0.3 is 0 Å². The molecule has 0 bridgehead atoms. The zero-order valence-corrected chi connectivity index (χ0v) is 19.7. The molecule has 0 fully saturated rings. The van der Waals surface area contributed by atoms with Crippen LogP contribution in [0.15, 0.2) is 52.6 Å². The number of halogens is 1. The lowest BCUT2D eigenvalue weighted by Crippen LogP contribution is -2.50. The number of carbonyl (C=O) groups excluding carboxylic acids is 1. The Morgan fingerprint density at radius 2 is 1.97 bits per heavy atom. The number of carbonyl (C=O) groups is 1. The van der Waals surface area contributed by atoms with Gasteiger partial charge in [-0.25, -0.2) is 5.01 Å². The fraction of sp³-hybridized carbons (Fsp3) is 0.348. The van der Waals surface area contributed by atoms with E-state index in [0.29, 0.717) is 32.0 Å². The number of amides is 1. The third-order valence-corrected chi connectivity index (χ3v) is 6.76. The summed E-state index contributed by atoms with van der Waals surface area (Å²) < 4.78 is 0. The second kappa shape index (κ2) is 10.4. The molecular formula is C23H24ClN5O3S. The fourth-order valence-corrected chi connectivity index (χ4v) is 4.88. The van der Waals surface area contributed by atoms with E-state index in [4.69, 9.17) is 16.6 Å². The first kappa shape index (κ1) is 23.3. The molecule has 0 saturated heterocycles.